The fraction of sp³-hybridized carbons (Fsp3) is 0.250. The Balaban J connectivity index is 2.09. The second-order valence-electron chi connectivity index (χ2n) is 5.02. The van der Waals surface area contributed by atoms with Crippen molar-refractivity contribution in [1.82, 2.24) is 5.32 Å². The van der Waals surface area contributed by atoms with Gasteiger partial charge in [-0.25, -0.2) is 0 Å². The van der Waals surface area contributed by atoms with Crippen LogP contribution in [0.5, 0.6) is 5.75 Å². The summed E-state index contributed by atoms with van der Waals surface area (Å²) in [6, 6.07) is 12.6. The minimum atomic E-state index is -0.325. The summed E-state index contributed by atoms with van der Waals surface area (Å²) < 4.78 is 5.25. The van der Waals surface area contributed by atoms with Crippen LogP contribution < -0.4 is 10.1 Å². The van der Waals surface area contributed by atoms with E-state index in [0.29, 0.717) is 5.56 Å². The molecule has 1 heterocycles. The largest absolute Gasteiger partial charge is 0.497 e. The molecule has 2 aromatic carbocycles. The Hall–Kier alpha value is -2.40. The summed E-state index contributed by atoms with van der Waals surface area (Å²) in [6.07, 6.45) is 0.893. The average molecular weight is 284 g/mol. The quantitative estimate of drug-likeness (QED) is 0.695. The van der Waals surface area contributed by atoms with Crippen molar-refractivity contribution in [2.24, 2.45) is 0 Å². The number of hydrogen-bond donors (Lipinski definition) is 1. The number of fused-ring (bicyclic) bond motifs is 1. The molecule has 0 aliphatic carbocycles. The average Bonchev–Trinajstić information content (AvgIpc) is 2.53. The van der Waals surface area contributed by atoms with E-state index in [1.165, 1.54) is 5.56 Å². The van der Waals surface area contributed by atoms with E-state index in [0.717, 1.165) is 24.3 Å². The molecule has 0 fully saturated rings. The third kappa shape index (κ3) is 2.48. The smallest absolute Gasteiger partial charge is 0.274 e. The van der Waals surface area contributed by atoms with Gasteiger partial charge in [0.15, 0.2) is 0 Å². The monoisotopic (exact) mass is 284 g/mol. The summed E-state index contributed by atoms with van der Waals surface area (Å²) in [5.74, 6) is 0.817. The minimum Gasteiger partial charge on any atom is -0.497 e. The molecule has 5 heteroatoms. The second-order valence-corrected chi connectivity index (χ2v) is 5.02. The van der Waals surface area contributed by atoms with Crippen molar-refractivity contribution in [1.29, 1.82) is 0 Å². The molecule has 0 bridgehead atoms. The minimum absolute atomic E-state index is 0.152. The number of rotatable bonds is 3. The van der Waals surface area contributed by atoms with Gasteiger partial charge in [0.1, 0.15) is 5.75 Å². The molecule has 1 unspecified atom stereocenters. The van der Waals surface area contributed by atoms with Crippen LogP contribution in [0.2, 0.25) is 0 Å². The van der Waals surface area contributed by atoms with Crippen LogP contribution in [-0.4, -0.2) is 18.6 Å². The highest BCUT2D eigenvalue weighted by atomic mass is 16.6. The van der Waals surface area contributed by atoms with Crippen LogP contribution in [0.1, 0.15) is 22.7 Å². The van der Waals surface area contributed by atoms with Crippen molar-refractivity contribution >= 4 is 5.69 Å². The Morgan fingerprint density at radius 2 is 2.05 bits per heavy atom. The SMILES string of the molecule is COc1ccc2c(c1)CCNC2c1ccccc1[N+](=O)[O-]. The summed E-state index contributed by atoms with van der Waals surface area (Å²) in [7, 11) is 1.64. The number of para-hydroxylation sites is 1. The Morgan fingerprint density at radius 1 is 1.24 bits per heavy atom. The van der Waals surface area contributed by atoms with Crippen molar-refractivity contribution < 1.29 is 9.66 Å². The molecule has 0 amide bonds. The standard InChI is InChI=1S/C16H16N2O3/c1-21-12-6-7-13-11(10-12)8-9-17-16(13)14-4-2-3-5-15(14)18(19)20/h2-7,10,16-17H,8-9H2,1H3. The van der Waals surface area contributed by atoms with Gasteiger partial charge in [0, 0.05) is 12.6 Å². The molecule has 3 rings (SSSR count). The van der Waals surface area contributed by atoms with E-state index in [4.69, 9.17) is 4.74 Å². The van der Waals surface area contributed by atoms with Gasteiger partial charge >= 0.3 is 0 Å². The van der Waals surface area contributed by atoms with Gasteiger partial charge in [0.05, 0.1) is 23.6 Å². The highest BCUT2D eigenvalue weighted by molar-refractivity contribution is 5.50. The van der Waals surface area contributed by atoms with Crippen molar-refractivity contribution in [2.75, 3.05) is 13.7 Å². The van der Waals surface area contributed by atoms with Crippen molar-refractivity contribution in [3.63, 3.8) is 0 Å². The molecule has 0 radical (unpaired) electrons. The molecule has 0 saturated carbocycles. The Bertz CT molecular complexity index is 685. The fourth-order valence-corrected chi connectivity index (χ4v) is 2.84. The van der Waals surface area contributed by atoms with Crippen molar-refractivity contribution in [3.05, 3.63) is 69.3 Å². The summed E-state index contributed by atoms with van der Waals surface area (Å²) in [5.41, 5.74) is 3.11. The summed E-state index contributed by atoms with van der Waals surface area (Å²) >= 11 is 0. The first-order valence-electron chi connectivity index (χ1n) is 6.84. The van der Waals surface area contributed by atoms with Crippen LogP contribution in [0.25, 0.3) is 0 Å². The molecule has 1 atom stereocenters. The zero-order valence-corrected chi connectivity index (χ0v) is 11.7. The Labute approximate surface area is 122 Å². The first-order valence-corrected chi connectivity index (χ1v) is 6.84. The van der Waals surface area contributed by atoms with Gasteiger partial charge in [-0.1, -0.05) is 24.3 Å². The molecule has 0 aromatic heterocycles. The lowest BCUT2D eigenvalue weighted by Gasteiger charge is -2.27. The summed E-state index contributed by atoms with van der Waals surface area (Å²) in [4.78, 5) is 10.9. The topological polar surface area (TPSA) is 64.4 Å². The molecule has 0 saturated heterocycles. The highest BCUT2D eigenvalue weighted by Crippen LogP contribution is 2.35. The highest BCUT2D eigenvalue weighted by Gasteiger charge is 2.27. The maximum atomic E-state index is 11.2. The van der Waals surface area contributed by atoms with Crippen LogP contribution >= 0.6 is 0 Å². The molecule has 108 valence electrons. The number of ether oxygens (including phenoxy) is 1. The lowest BCUT2D eigenvalue weighted by Crippen LogP contribution is -2.31. The molecule has 5 nitrogen and oxygen atoms in total. The van der Waals surface area contributed by atoms with Crippen LogP contribution in [0.4, 0.5) is 5.69 Å². The number of nitrogens with one attached hydrogen (secondary N) is 1. The van der Waals surface area contributed by atoms with Crippen molar-refractivity contribution in [3.8, 4) is 5.75 Å². The van der Waals surface area contributed by atoms with Gasteiger partial charge < -0.3 is 10.1 Å². The summed E-state index contributed by atoms with van der Waals surface area (Å²) in [5, 5.41) is 14.6. The van der Waals surface area contributed by atoms with Crippen LogP contribution in [0, 0.1) is 10.1 Å². The number of nitro benzene ring substituents is 1. The van der Waals surface area contributed by atoms with Crippen molar-refractivity contribution in [2.45, 2.75) is 12.5 Å². The lowest BCUT2D eigenvalue weighted by molar-refractivity contribution is -0.385. The molecule has 1 aliphatic rings. The molecule has 0 spiro atoms. The maximum Gasteiger partial charge on any atom is 0.274 e. The van der Waals surface area contributed by atoms with Gasteiger partial charge in [-0.15, -0.1) is 0 Å². The maximum absolute atomic E-state index is 11.2. The fourth-order valence-electron chi connectivity index (χ4n) is 2.84. The van der Waals surface area contributed by atoms with E-state index < -0.39 is 0 Å². The third-order valence-corrected chi connectivity index (χ3v) is 3.85. The molecular weight excluding hydrogens is 268 g/mol. The predicted octanol–water partition coefficient (Wildman–Crippen LogP) is 2.84. The third-order valence-electron chi connectivity index (χ3n) is 3.85. The molecule has 21 heavy (non-hydrogen) atoms. The number of nitro groups is 1. The van der Waals surface area contributed by atoms with Crippen LogP contribution in [0.15, 0.2) is 42.5 Å². The van der Waals surface area contributed by atoms with Crippen LogP contribution in [0.3, 0.4) is 0 Å². The van der Waals surface area contributed by atoms with E-state index >= 15 is 0 Å². The second kappa shape index (κ2) is 5.54. The zero-order chi connectivity index (χ0) is 14.8. The van der Waals surface area contributed by atoms with E-state index in [1.807, 2.05) is 30.3 Å². The lowest BCUT2D eigenvalue weighted by atomic mass is 9.89. The van der Waals surface area contributed by atoms with E-state index in [1.54, 1.807) is 19.2 Å². The summed E-state index contributed by atoms with van der Waals surface area (Å²) in [6.45, 7) is 0.789. The van der Waals surface area contributed by atoms with Gasteiger partial charge in [-0.3, -0.25) is 10.1 Å². The number of hydrogen-bond acceptors (Lipinski definition) is 4. The first-order chi connectivity index (χ1) is 10.2. The van der Waals surface area contributed by atoms with Crippen LogP contribution in [-0.2, 0) is 6.42 Å². The Morgan fingerprint density at radius 3 is 2.81 bits per heavy atom. The zero-order valence-electron chi connectivity index (χ0n) is 11.7. The number of benzene rings is 2. The molecule has 1 N–H and O–H groups in total. The van der Waals surface area contributed by atoms with E-state index in [-0.39, 0.29) is 16.7 Å². The van der Waals surface area contributed by atoms with E-state index in [9.17, 15) is 10.1 Å². The van der Waals surface area contributed by atoms with Gasteiger partial charge in [-0.05, 0) is 29.7 Å². The predicted molar refractivity (Wildman–Crippen MR) is 79.6 cm³/mol. The number of methoxy groups -OCH3 is 1. The van der Waals surface area contributed by atoms with Gasteiger partial charge in [0.2, 0.25) is 0 Å². The normalized spacial score (nSPS) is 17.1. The van der Waals surface area contributed by atoms with E-state index in [2.05, 4.69) is 5.32 Å². The molecule has 2 aromatic rings. The number of nitrogens with zero attached hydrogens (tertiary/aromatic N) is 1. The van der Waals surface area contributed by atoms with Gasteiger partial charge in [0.25, 0.3) is 5.69 Å². The van der Waals surface area contributed by atoms with Gasteiger partial charge in [-0.2, -0.15) is 0 Å². The first kappa shape index (κ1) is 13.6. The Kier molecular flexibility index (Phi) is 3.58. The molecule has 1 aliphatic heterocycles. The molecular formula is C16H16N2O3.